The maximum Gasteiger partial charge on any atom is 0.0354 e. The van der Waals surface area contributed by atoms with Gasteiger partial charge in [-0.05, 0) is 37.3 Å². The first-order valence-corrected chi connectivity index (χ1v) is 7.76. The van der Waals surface area contributed by atoms with Gasteiger partial charge in [0, 0.05) is 32.2 Å². The highest BCUT2D eigenvalue weighted by molar-refractivity contribution is 5.85. The van der Waals surface area contributed by atoms with E-state index >= 15 is 0 Å². The van der Waals surface area contributed by atoms with E-state index in [2.05, 4.69) is 42.3 Å². The van der Waals surface area contributed by atoms with Crippen molar-refractivity contribution in [2.45, 2.75) is 39.2 Å². The van der Waals surface area contributed by atoms with Gasteiger partial charge in [0.25, 0.3) is 0 Å². The maximum absolute atomic E-state index is 3.47. The van der Waals surface area contributed by atoms with Crippen molar-refractivity contribution in [2.75, 3.05) is 26.2 Å². The molecule has 0 bridgehead atoms. The van der Waals surface area contributed by atoms with Crippen molar-refractivity contribution in [3.05, 3.63) is 34.9 Å². The van der Waals surface area contributed by atoms with Crippen molar-refractivity contribution in [2.24, 2.45) is 5.92 Å². The first-order chi connectivity index (χ1) is 9.24. The molecule has 1 aliphatic carbocycles. The summed E-state index contributed by atoms with van der Waals surface area (Å²) in [6.07, 6.45) is 4.27. The summed E-state index contributed by atoms with van der Waals surface area (Å²) < 4.78 is 0. The standard InChI is InChI=1S/C17H26N2.2ClH/c1-13-3-4-14(2)16(11-13)17(12-15-5-6-15)19-9-7-18-8-10-19;;/h3-4,11,15,17-18H,5-10,12H2,1-2H3;2*1H/t17-;;/m1../s1. The van der Waals surface area contributed by atoms with Crippen molar-refractivity contribution < 1.29 is 0 Å². The third-order valence-electron chi connectivity index (χ3n) is 4.64. The predicted octanol–water partition coefficient (Wildman–Crippen LogP) is 3.89. The van der Waals surface area contributed by atoms with Crippen LogP contribution in [0.1, 0.15) is 42.0 Å². The van der Waals surface area contributed by atoms with Crippen molar-refractivity contribution >= 4 is 24.8 Å². The zero-order chi connectivity index (χ0) is 13.2. The molecule has 1 heterocycles. The molecule has 0 spiro atoms. The Morgan fingerprint density at radius 1 is 1.14 bits per heavy atom. The number of hydrogen-bond donors (Lipinski definition) is 1. The molecule has 0 amide bonds. The predicted molar refractivity (Wildman–Crippen MR) is 94.9 cm³/mol. The molecule has 21 heavy (non-hydrogen) atoms. The van der Waals surface area contributed by atoms with E-state index in [1.807, 2.05) is 0 Å². The molecule has 3 rings (SSSR count). The van der Waals surface area contributed by atoms with E-state index in [1.165, 1.54) is 43.5 Å². The summed E-state index contributed by atoms with van der Waals surface area (Å²) in [4.78, 5) is 2.70. The normalized spacial score (nSPS) is 20.3. The number of piperazine rings is 1. The minimum absolute atomic E-state index is 0. The van der Waals surface area contributed by atoms with Gasteiger partial charge in [-0.2, -0.15) is 0 Å². The van der Waals surface area contributed by atoms with Gasteiger partial charge < -0.3 is 5.32 Å². The van der Waals surface area contributed by atoms with Gasteiger partial charge in [-0.15, -0.1) is 24.8 Å². The van der Waals surface area contributed by atoms with Crippen LogP contribution in [0.25, 0.3) is 0 Å². The highest BCUT2D eigenvalue weighted by Crippen LogP contribution is 2.41. The number of nitrogens with zero attached hydrogens (tertiary/aromatic N) is 1. The largest absolute Gasteiger partial charge is 0.314 e. The summed E-state index contributed by atoms with van der Waals surface area (Å²) >= 11 is 0. The van der Waals surface area contributed by atoms with Crippen LogP contribution in [0.5, 0.6) is 0 Å². The minimum atomic E-state index is 0. The second-order valence-corrected chi connectivity index (χ2v) is 6.34. The lowest BCUT2D eigenvalue weighted by Crippen LogP contribution is -2.45. The van der Waals surface area contributed by atoms with Gasteiger partial charge in [0.15, 0.2) is 0 Å². The number of aryl methyl sites for hydroxylation is 2. The second kappa shape index (κ2) is 8.38. The lowest BCUT2D eigenvalue weighted by atomic mass is 9.93. The molecular formula is C17H28Cl2N2. The number of nitrogens with one attached hydrogen (secondary N) is 1. The second-order valence-electron chi connectivity index (χ2n) is 6.34. The zero-order valence-electron chi connectivity index (χ0n) is 13.1. The van der Waals surface area contributed by atoms with E-state index < -0.39 is 0 Å². The Kier molecular flexibility index (Phi) is 7.49. The van der Waals surface area contributed by atoms with E-state index in [0.29, 0.717) is 6.04 Å². The molecule has 120 valence electrons. The van der Waals surface area contributed by atoms with Gasteiger partial charge in [-0.3, -0.25) is 4.90 Å². The highest BCUT2D eigenvalue weighted by Gasteiger charge is 2.31. The maximum atomic E-state index is 3.47. The molecule has 0 aromatic heterocycles. The minimum Gasteiger partial charge on any atom is -0.314 e. The average molecular weight is 331 g/mol. The van der Waals surface area contributed by atoms with Crippen LogP contribution in [0.15, 0.2) is 18.2 Å². The van der Waals surface area contributed by atoms with Crippen LogP contribution in [0, 0.1) is 19.8 Å². The molecule has 0 radical (unpaired) electrons. The quantitative estimate of drug-likeness (QED) is 0.900. The molecule has 1 saturated heterocycles. The molecule has 4 heteroatoms. The Bertz CT molecular complexity index is 440. The molecule has 2 fully saturated rings. The van der Waals surface area contributed by atoms with Gasteiger partial charge in [-0.1, -0.05) is 36.6 Å². The van der Waals surface area contributed by atoms with Gasteiger partial charge in [0.05, 0.1) is 0 Å². The third-order valence-corrected chi connectivity index (χ3v) is 4.64. The summed E-state index contributed by atoms with van der Waals surface area (Å²) in [6, 6.07) is 7.61. The molecule has 1 N–H and O–H groups in total. The topological polar surface area (TPSA) is 15.3 Å². The number of rotatable bonds is 4. The van der Waals surface area contributed by atoms with Crippen molar-refractivity contribution in [1.29, 1.82) is 0 Å². The average Bonchev–Trinajstić information content (AvgIpc) is 3.24. The molecule has 1 aromatic rings. The summed E-state index contributed by atoms with van der Waals surface area (Å²) in [5, 5.41) is 3.47. The summed E-state index contributed by atoms with van der Waals surface area (Å²) in [5.41, 5.74) is 4.44. The van der Waals surface area contributed by atoms with Crippen molar-refractivity contribution in [1.82, 2.24) is 10.2 Å². The Hall–Kier alpha value is -0.280. The van der Waals surface area contributed by atoms with E-state index in [1.54, 1.807) is 5.56 Å². The first kappa shape index (κ1) is 18.8. The SMILES string of the molecule is Cc1ccc(C)c([C@@H](CC2CC2)N2CCNCC2)c1.Cl.Cl. The van der Waals surface area contributed by atoms with E-state index in [-0.39, 0.29) is 24.8 Å². The first-order valence-electron chi connectivity index (χ1n) is 7.76. The molecule has 0 unspecified atom stereocenters. The summed E-state index contributed by atoms with van der Waals surface area (Å²) in [5.74, 6) is 0.986. The third kappa shape index (κ3) is 4.85. The number of hydrogen-bond acceptors (Lipinski definition) is 2. The van der Waals surface area contributed by atoms with E-state index in [9.17, 15) is 0 Å². The Morgan fingerprint density at radius 3 is 2.43 bits per heavy atom. The number of halogens is 2. The van der Waals surface area contributed by atoms with Gasteiger partial charge in [0.1, 0.15) is 0 Å². The fourth-order valence-electron chi connectivity index (χ4n) is 3.25. The molecule has 1 saturated carbocycles. The molecule has 2 nitrogen and oxygen atoms in total. The van der Waals surface area contributed by atoms with Crippen LogP contribution in [-0.4, -0.2) is 31.1 Å². The number of benzene rings is 1. The van der Waals surface area contributed by atoms with Crippen LogP contribution in [0.2, 0.25) is 0 Å². The summed E-state index contributed by atoms with van der Waals surface area (Å²) in [6.45, 7) is 9.18. The van der Waals surface area contributed by atoms with Gasteiger partial charge in [0.2, 0.25) is 0 Å². The fraction of sp³-hybridized carbons (Fsp3) is 0.647. The summed E-state index contributed by atoms with van der Waals surface area (Å²) in [7, 11) is 0. The Labute approximate surface area is 141 Å². The van der Waals surface area contributed by atoms with Crippen molar-refractivity contribution in [3.8, 4) is 0 Å². The monoisotopic (exact) mass is 330 g/mol. The highest BCUT2D eigenvalue weighted by atomic mass is 35.5. The van der Waals surface area contributed by atoms with Crippen LogP contribution in [-0.2, 0) is 0 Å². The van der Waals surface area contributed by atoms with Crippen LogP contribution in [0.3, 0.4) is 0 Å². The molecule has 2 aliphatic rings. The Balaban J connectivity index is 0.00000110. The van der Waals surface area contributed by atoms with Crippen LogP contribution < -0.4 is 5.32 Å². The molecule has 1 aromatic carbocycles. The lowest BCUT2D eigenvalue weighted by Gasteiger charge is -2.36. The van der Waals surface area contributed by atoms with Crippen LogP contribution in [0.4, 0.5) is 0 Å². The lowest BCUT2D eigenvalue weighted by molar-refractivity contribution is 0.160. The molecule has 1 atom stereocenters. The molecular weight excluding hydrogens is 303 g/mol. The van der Waals surface area contributed by atoms with Gasteiger partial charge in [-0.25, -0.2) is 0 Å². The Morgan fingerprint density at radius 2 is 1.81 bits per heavy atom. The zero-order valence-corrected chi connectivity index (χ0v) is 14.7. The van der Waals surface area contributed by atoms with Crippen molar-refractivity contribution in [3.63, 3.8) is 0 Å². The smallest absolute Gasteiger partial charge is 0.0354 e. The van der Waals surface area contributed by atoms with Gasteiger partial charge >= 0.3 is 0 Å². The van der Waals surface area contributed by atoms with E-state index in [4.69, 9.17) is 0 Å². The molecule has 1 aliphatic heterocycles. The van der Waals surface area contributed by atoms with Crippen LogP contribution >= 0.6 is 24.8 Å². The fourth-order valence-corrected chi connectivity index (χ4v) is 3.25. The van der Waals surface area contributed by atoms with E-state index in [0.717, 1.165) is 19.0 Å².